The average Bonchev–Trinajstić information content (AvgIpc) is 2.66. The molecule has 0 bridgehead atoms. The van der Waals surface area contributed by atoms with Gasteiger partial charge in [0.2, 0.25) is 0 Å². The fraction of sp³-hybridized carbons (Fsp3) is 0.350. The molecule has 0 atom stereocenters. The predicted octanol–water partition coefficient (Wildman–Crippen LogP) is 3.78. The highest BCUT2D eigenvalue weighted by Crippen LogP contribution is 2.20. The van der Waals surface area contributed by atoms with Crippen LogP contribution in [-0.2, 0) is 17.8 Å². The zero-order valence-electron chi connectivity index (χ0n) is 16.2. The van der Waals surface area contributed by atoms with Gasteiger partial charge in [0.15, 0.2) is 5.96 Å². The van der Waals surface area contributed by atoms with Gasteiger partial charge in [-0.3, -0.25) is 4.99 Å². The Labute approximate surface area is 181 Å². The molecule has 0 unspecified atom stereocenters. The number of nitrogens with one attached hydrogen (secondary N) is 2. The first kappa shape index (κ1) is 24.1. The second-order valence-corrected chi connectivity index (χ2v) is 5.97. The lowest BCUT2D eigenvalue weighted by atomic mass is 10.1. The van der Waals surface area contributed by atoms with Gasteiger partial charge in [0, 0.05) is 38.4 Å². The summed E-state index contributed by atoms with van der Waals surface area (Å²) in [6.45, 7) is 3.54. The summed E-state index contributed by atoms with van der Waals surface area (Å²) >= 11 is 0. The van der Waals surface area contributed by atoms with Gasteiger partial charge in [-0.25, -0.2) is 8.78 Å². The molecule has 5 nitrogen and oxygen atoms in total. The normalized spacial score (nSPS) is 11.0. The molecule has 2 aromatic rings. The van der Waals surface area contributed by atoms with Crippen molar-refractivity contribution in [2.45, 2.75) is 20.0 Å². The molecule has 8 heteroatoms. The molecule has 0 heterocycles. The minimum absolute atomic E-state index is 0. The third-order valence-corrected chi connectivity index (χ3v) is 3.89. The number of aryl methyl sites for hydroxylation is 1. The van der Waals surface area contributed by atoms with Crippen LogP contribution < -0.4 is 15.4 Å². The van der Waals surface area contributed by atoms with E-state index in [1.807, 2.05) is 25.1 Å². The van der Waals surface area contributed by atoms with Gasteiger partial charge in [0.1, 0.15) is 24.0 Å². The molecule has 0 aliphatic heterocycles. The molecule has 2 N–H and O–H groups in total. The maximum Gasteiger partial charge on any atom is 0.191 e. The van der Waals surface area contributed by atoms with Crippen LogP contribution in [0.4, 0.5) is 8.78 Å². The minimum Gasteiger partial charge on any atom is -0.491 e. The van der Waals surface area contributed by atoms with Crippen LogP contribution in [0, 0.1) is 18.6 Å². The Morgan fingerprint density at radius 3 is 2.39 bits per heavy atom. The highest BCUT2D eigenvalue weighted by molar-refractivity contribution is 14.0. The van der Waals surface area contributed by atoms with Crippen molar-refractivity contribution in [2.75, 3.05) is 27.4 Å². The van der Waals surface area contributed by atoms with E-state index in [0.29, 0.717) is 25.7 Å². The van der Waals surface area contributed by atoms with Gasteiger partial charge in [0.05, 0.1) is 6.61 Å². The standard InChI is InChI=1S/C20H25F2N3O2.HI/c1-14-4-5-15(19(10-14)27-9-8-26-3)12-24-20(23-2)25-13-16-11-17(21)6-7-18(16)22;/h4-7,10-11H,8-9,12-13H2,1-3H3,(H2,23,24,25);1H. The quantitative estimate of drug-likeness (QED) is 0.248. The van der Waals surface area contributed by atoms with Crippen LogP contribution >= 0.6 is 24.0 Å². The third kappa shape index (κ3) is 7.59. The van der Waals surface area contributed by atoms with Crippen molar-refractivity contribution in [1.29, 1.82) is 0 Å². The maximum absolute atomic E-state index is 13.7. The molecule has 0 aliphatic rings. The topological polar surface area (TPSA) is 54.9 Å². The fourth-order valence-corrected chi connectivity index (χ4v) is 2.43. The van der Waals surface area contributed by atoms with Crippen molar-refractivity contribution < 1.29 is 18.3 Å². The SMILES string of the molecule is CN=C(NCc1cc(F)ccc1F)NCc1ccc(C)cc1OCCOC.I. The molecular formula is C20H26F2IN3O2. The number of methoxy groups -OCH3 is 1. The Balaban J connectivity index is 0.00000392. The second kappa shape index (κ2) is 12.5. The Hall–Kier alpha value is -1.94. The number of ether oxygens (including phenoxy) is 2. The summed E-state index contributed by atoms with van der Waals surface area (Å²) in [4.78, 5) is 4.11. The summed E-state index contributed by atoms with van der Waals surface area (Å²) < 4.78 is 37.8. The van der Waals surface area contributed by atoms with Gasteiger partial charge in [-0.1, -0.05) is 12.1 Å². The van der Waals surface area contributed by atoms with E-state index in [-0.39, 0.29) is 36.1 Å². The van der Waals surface area contributed by atoms with Gasteiger partial charge in [-0.05, 0) is 36.8 Å². The van der Waals surface area contributed by atoms with Crippen molar-refractivity contribution in [3.8, 4) is 5.75 Å². The van der Waals surface area contributed by atoms with E-state index in [1.54, 1.807) is 14.2 Å². The largest absolute Gasteiger partial charge is 0.491 e. The zero-order valence-corrected chi connectivity index (χ0v) is 18.6. The molecule has 0 aromatic heterocycles. The maximum atomic E-state index is 13.7. The van der Waals surface area contributed by atoms with E-state index in [0.717, 1.165) is 35.1 Å². The first-order valence-electron chi connectivity index (χ1n) is 8.63. The number of hydrogen-bond donors (Lipinski definition) is 2. The van der Waals surface area contributed by atoms with Crippen LogP contribution in [0.5, 0.6) is 5.75 Å². The molecule has 2 rings (SSSR count). The molecule has 0 saturated heterocycles. The number of rotatable bonds is 8. The summed E-state index contributed by atoms with van der Waals surface area (Å²) in [6, 6.07) is 9.30. The molecule has 0 aliphatic carbocycles. The summed E-state index contributed by atoms with van der Waals surface area (Å²) in [7, 11) is 3.24. The lowest BCUT2D eigenvalue weighted by molar-refractivity contribution is 0.145. The average molecular weight is 505 g/mol. The van der Waals surface area contributed by atoms with E-state index < -0.39 is 11.6 Å². The van der Waals surface area contributed by atoms with Crippen LogP contribution in [-0.4, -0.2) is 33.3 Å². The molecule has 28 heavy (non-hydrogen) atoms. The molecule has 2 aromatic carbocycles. The van der Waals surface area contributed by atoms with Crippen molar-refractivity contribution >= 4 is 29.9 Å². The third-order valence-electron chi connectivity index (χ3n) is 3.89. The molecule has 0 fully saturated rings. The zero-order chi connectivity index (χ0) is 19.6. The Morgan fingerprint density at radius 2 is 1.71 bits per heavy atom. The summed E-state index contributed by atoms with van der Waals surface area (Å²) in [5.74, 6) is 0.300. The van der Waals surface area contributed by atoms with Gasteiger partial charge in [0.25, 0.3) is 0 Å². The summed E-state index contributed by atoms with van der Waals surface area (Å²) in [6.07, 6.45) is 0. The first-order valence-corrected chi connectivity index (χ1v) is 8.63. The molecule has 0 amide bonds. The molecule has 0 saturated carbocycles. The van der Waals surface area contributed by atoms with E-state index in [9.17, 15) is 8.78 Å². The summed E-state index contributed by atoms with van der Waals surface area (Å²) in [5, 5.41) is 6.13. The van der Waals surface area contributed by atoms with Crippen molar-refractivity contribution in [3.05, 3.63) is 64.7 Å². The predicted molar refractivity (Wildman–Crippen MR) is 117 cm³/mol. The Bertz CT molecular complexity index is 788. The molecular weight excluding hydrogens is 479 g/mol. The lowest BCUT2D eigenvalue weighted by Crippen LogP contribution is -2.36. The summed E-state index contributed by atoms with van der Waals surface area (Å²) in [5.41, 5.74) is 2.28. The van der Waals surface area contributed by atoms with Crippen molar-refractivity contribution in [2.24, 2.45) is 4.99 Å². The number of nitrogens with zero attached hydrogens (tertiary/aromatic N) is 1. The smallest absolute Gasteiger partial charge is 0.191 e. The van der Waals surface area contributed by atoms with Gasteiger partial charge >= 0.3 is 0 Å². The highest BCUT2D eigenvalue weighted by Gasteiger charge is 2.08. The van der Waals surface area contributed by atoms with Gasteiger partial charge < -0.3 is 20.1 Å². The van der Waals surface area contributed by atoms with Crippen LogP contribution in [0.15, 0.2) is 41.4 Å². The Morgan fingerprint density at radius 1 is 1.00 bits per heavy atom. The number of guanidine groups is 1. The van der Waals surface area contributed by atoms with Crippen molar-refractivity contribution in [1.82, 2.24) is 10.6 Å². The fourth-order valence-electron chi connectivity index (χ4n) is 2.43. The van der Waals surface area contributed by atoms with Gasteiger partial charge in [-0.2, -0.15) is 0 Å². The van der Waals surface area contributed by atoms with Crippen LogP contribution in [0.25, 0.3) is 0 Å². The van der Waals surface area contributed by atoms with Gasteiger partial charge in [-0.15, -0.1) is 24.0 Å². The number of hydrogen-bond acceptors (Lipinski definition) is 3. The monoisotopic (exact) mass is 505 g/mol. The minimum atomic E-state index is -0.478. The molecule has 0 radical (unpaired) electrons. The number of aliphatic imine (C=N–C) groups is 1. The van der Waals surface area contributed by atoms with Crippen LogP contribution in [0.2, 0.25) is 0 Å². The molecule has 154 valence electrons. The van der Waals surface area contributed by atoms with Crippen LogP contribution in [0.3, 0.4) is 0 Å². The second-order valence-electron chi connectivity index (χ2n) is 5.97. The number of halogens is 3. The van der Waals surface area contributed by atoms with E-state index in [4.69, 9.17) is 9.47 Å². The number of benzene rings is 2. The van der Waals surface area contributed by atoms with Crippen LogP contribution in [0.1, 0.15) is 16.7 Å². The first-order chi connectivity index (χ1) is 13.0. The van der Waals surface area contributed by atoms with E-state index in [2.05, 4.69) is 15.6 Å². The van der Waals surface area contributed by atoms with E-state index >= 15 is 0 Å². The van der Waals surface area contributed by atoms with Crippen molar-refractivity contribution in [3.63, 3.8) is 0 Å². The lowest BCUT2D eigenvalue weighted by Gasteiger charge is -2.15. The Kier molecular flexibility index (Phi) is 10.8. The molecule has 0 spiro atoms. The van der Waals surface area contributed by atoms with E-state index in [1.165, 1.54) is 0 Å². The highest BCUT2D eigenvalue weighted by atomic mass is 127.